The summed E-state index contributed by atoms with van der Waals surface area (Å²) in [4.78, 5) is 26.1. The summed E-state index contributed by atoms with van der Waals surface area (Å²) >= 11 is 1.36. The Morgan fingerprint density at radius 1 is 1.44 bits per heavy atom. The molecule has 16 heavy (non-hydrogen) atoms. The number of nitrogens with two attached hydrogens (primary N) is 1. The highest BCUT2D eigenvalue weighted by Crippen LogP contribution is 2.08. The van der Waals surface area contributed by atoms with Crippen LogP contribution in [-0.2, 0) is 11.3 Å². The fraction of sp³-hybridized carbons (Fsp3) is 0.444. The van der Waals surface area contributed by atoms with Crippen molar-refractivity contribution in [2.45, 2.75) is 13.5 Å². The van der Waals surface area contributed by atoms with E-state index >= 15 is 0 Å². The number of nitrogens with one attached hydrogen (secondary N) is 2. The van der Waals surface area contributed by atoms with E-state index < -0.39 is 0 Å². The summed E-state index contributed by atoms with van der Waals surface area (Å²) in [5.41, 5.74) is 5.76. The van der Waals surface area contributed by atoms with E-state index in [-0.39, 0.29) is 11.8 Å². The second kappa shape index (κ2) is 6.19. The molecular formula is C9H14N4O2S. The van der Waals surface area contributed by atoms with Crippen LogP contribution in [0.15, 0.2) is 5.38 Å². The third-order valence-corrected chi connectivity index (χ3v) is 2.61. The molecule has 2 amide bonds. The molecule has 0 bridgehead atoms. The van der Waals surface area contributed by atoms with E-state index in [1.807, 2.05) is 0 Å². The van der Waals surface area contributed by atoms with Crippen molar-refractivity contribution in [3.63, 3.8) is 0 Å². The van der Waals surface area contributed by atoms with Crippen LogP contribution in [0.3, 0.4) is 0 Å². The molecule has 4 N–H and O–H groups in total. The van der Waals surface area contributed by atoms with Gasteiger partial charge in [0.05, 0.1) is 0 Å². The van der Waals surface area contributed by atoms with Gasteiger partial charge in [-0.2, -0.15) is 0 Å². The molecule has 0 saturated carbocycles. The van der Waals surface area contributed by atoms with Gasteiger partial charge >= 0.3 is 0 Å². The molecule has 0 spiro atoms. The predicted molar refractivity (Wildman–Crippen MR) is 61.0 cm³/mol. The number of carbonyl (C=O) groups excluding carboxylic acids is 2. The molecule has 0 saturated heterocycles. The summed E-state index contributed by atoms with van der Waals surface area (Å²) in [7, 11) is 0. The molecule has 1 heterocycles. The Balaban J connectivity index is 2.32. The molecule has 1 aromatic heterocycles. The maximum Gasteiger partial charge on any atom is 0.270 e. The van der Waals surface area contributed by atoms with Crippen molar-refractivity contribution in [2.24, 2.45) is 5.73 Å². The summed E-state index contributed by atoms with van der Waals surface area (Å²) in [6, 6.07) is 0. The monoisotopic (exact) mass is 242 g/mol. The molecule has 0 aromatic carbocycles. The number of carbonyl (C=O) groups is 2. The Hall–Kier alpha value is -1.47. The van der Waals surface area contributed by atoms with Crippen LogP contribution in [-0.4, -0.2) is 29.9 Å². The van der Waals surface area contributed by atoms with E-state index in [4.69, 9.17) is 5.73 Å². The van der Waals surface area contributed by atoms with Gasteiger partial charge < -0.3 is 16.4 Å². The van der Waals surface area contributed by atoms with Crippen molar-refractivity contribution >= 4 is 23.2 Å². The minimum atomic E-state index is -0.249. The summed E-state index contributed by atoms with van der Waals surface area (Å²) < 4.78 is 0. The van der Waals surface area contributed by atoms with Crippen molar-refractivity contribution in [2.75, 3.05) is 13.1 Å². The Labute approximate surface area is 97.2 Å². The molecule has 0 atom stereocenters. The van der Waals surface area contributed by atoms with Gasteiger partial charge in [-0.1, -0.05) is 0 Å². The Morgan fingerprint density at radius 2 is 2.12 bits per heavy atom. The molecule has 1 aromatic rings. The van der Waals surface area contributed by atoms with E-state index in [0.717, 1.165) is 5.01 Å². The minimum absolute atomic E-state index is 0.117. The van der Waals surface area contributed by atoms with E-state index in [0.29, 0.717) is 25.3 Å². The molecule has 7 heteroatoms. The normalized spacial score (nSPS) is 9.88. The van der Waals surface area contributed by atoms with Gasteiger partial charge in [-0.05, 0) is 0 Å². The van der Waals surface area contributed by atoms with E-state index in [9.17, 15) is 9.59 Å². The maximum absolute atomic E-state index is 11.5. The zero-order valence-electron chi connectivity index (χ0n) is 8.95. The van der Waals surface area contributed by atoms with Crippen LogP contribution >= 0.6 is 11.3 Å². The fourth-order valence-corrected chi connectivity index (χ4v) is 1.67. The summed E-state index contributed by atoms with van der Waals surface area (Å²) in [6.07, 6.45) is 0. The van der Waals surface area contributed by atoms with Gasteiger partial charge in [0, 0.05) is 31.9 Å². The topological polar surface area (TPSA) is 97.1 Å². The summed E-state index contributed by atoms with van der Waals surface area (Å²) in [6.45, 7) is 2.56. The van der Waals surface area contributed by atoms with Crippen LogP contribution in [0.25, 0.3) is 0 Å². The first-order valence-corrected chi connectivity index (χ1v) is 5.68. The molecule has 0 aliphatic rings. The second-order valence-corrected chi connectivity index (χ2v) is 4.01. The third-order valence-electron chi connectivity index (χ3n) is 1.74. The molecule has 0 fully saturated rings. The zero-order valence-corrected chi connectivity index (χ0v) is 9.76. The highest BCUT2D eigenvalue weighted by Gasteiger charge is 2.08. The van der Waals surface area contributed by atoms with Crippen molar-refractivity contribution in [3.8, 4) is 0 Å². The smallest absolute Gasteiger partial charge is 0.270 e. The molecule has 0 unspecified atom stereocenters. The largest absolute Gasteiger partial charge is 0.355 e. The first-order chi connectivity index (χ1) is 7.63. The lowest BCUT2D eigenvalue weighted by Gasteiger charge is -2.03. The first-order valence-electron chi connectivity index (χ1n) is 4.80. The van der Waals surface area contributed by atoms with Crippen LogP contribution < -0.4 is 16.4 Å². The van der Waals surface area contributed by atoms with Crippen LogP contribution in [0.1, 0.15) is 22.4 Å². The van der Waals surface area contributed by atoms with Gasteiger partial charge in [-0.15, -0.1) is 11.3 Å². The molecule has 6 nitrogen and oxygen atoms in total. The van der Waals surface area contributed by atoms with Gasteiger partial charge in [-0.3, -0.25) is 9.59 Å². The third kappa shape index (κ3) is 3.95. The number of aromatic nitrogens is 1. The highest BCUT2D eigenvalue weighted by molar-refractivity contribution is 7.09. The highest BCUT2D eigenvalue weighted by atomic mass is 32.1. The fourth-order valence-electron chi connectivity index (χ4n) is 1.01. The van der Waals surface area contributed by atoms with Gasteiger partial charge in [0.15, 0.2) is 0 Å². The van der Waals surface area contributed by atoms with Crippen LogP contribution in [0.4, 0.5) is 0 Å². The van der Waals surface area contributed by atoms with Crippen molar-refractivity contribution in [1.82, 2.24) is 15.6 Å². The van der Waals surface area contributed by atoms with Gasteiger partial charge in [-0.25, -0.2) is 4.98 Å². The molecule has 88 valence electrons. The Bertz CT molecular complexity index is 377. The summed E-state index contributed by atoms with van der Waals surface area (Å²) in [5.74, 6) is -0.366. The molecular weight excluding hydrogens is 228 g/mol. The van der Waals surface area contributed by atoms with Crippen LogP contribution in [0, 0.1) is 0 Å². The standard InChI is InChI=1S/C9H14N4O2S/c1-6(14)11-2-3-12-9(15)7-5-16-8(4-10)13-7/h5H,2-4,10H2,1H3,(H,11,14)(H,12,15). The number of thiazole rings is 1. The minimum Gasteiger partial charge on any atom is -0.355 e. The average Bonchev–Trinajstić information content (AvgIpc) is 2.72. The quantitative estimate of drug-likeness (QED) is 0.604. The van der Waals surface area contributed by atoms with E-state index in [1.165, 1.54) is 18.3 Å². The lowest BCUT2D eigenvalue weighted by atomic mass is 10.4. The van der Waals surface area contributed by atoms with Crippen molar-refractivity contribution < 1.29 is 9.59 Å². The van der Waals surface area contributed by atoms with Crippen LogP contribution in [0.5, 0.6) is 0 Å². The lowest BCUT2D eigenvalue weighted by Crippen LogP contribution is -2.33. The first kappa shape index (κ1) is 12.6. The SMILES string of the molecule is CC(=O)NCCNC(=O)c1csc(CN)n1. The number of hydrogen-bond acceptors (Lipinski definition) is 5. The molecule has 0 aliphatic carbocycles. The van der Waals surface area contributed by atoms with Gasteiger partial charge in [0.1, 0.15) is 10.7 Å². The molecule has 0 radical (unpaired) electrons. The number of amides is 2. The van der Waals surface area contributed by atoms with E-state index in [1.54, 1.807) is 5.38 Å². The van der Waals surface area contributed by atoms with Crippen molar-refractivity contribution in [3.05, 3.63) is 16.1 Å². The van der Waals surface area contributed by atoms with Gasteiger partial charge in [0.2, 0.25) is 5.91 Å². The lowest BCUT2D eigenvalue weighted by molar-refractivity contribution is -0.118. The van der Waals surface area contributed by atoms with E-state index in [2.05, 4.69) is 15.6 Å². The maximum atomic E-state index is 11.5. The summed E-state index contributed by atoms with van der Waals surface area (Å²) in [5, 5.41) is 7.61. The predicted octanol–water partition coefficient (Wildman–Crippen LogP) is -0.532. The number of rotatable bonds is 5. The molecule has 1 rings (SSSR count). The van der Waals surface area contributed by atoms with Crippen molar-refractivity contribution in [1.29, 1.82) is 0 Å². The van der Waals surface area contributed by atoms with Crippen LogP contribution in [0.2, 0.25) is 0 Å². The molecule has 0 aliphatic heterocycles. The average molecular weight is 242 g/mol. The number of nitrogens with zero attached hydrogens (tertiary/aromatic N) is 1. The second-order valence-electron chi connectivity index (χ2n) is 3.07. The Kier molecular flexibility index (Phi) is 4.87. The zero-order chi connectivity index (χ0) is 12.0. The Morgan fingerprint density at radius 3 is 2.69 bits per heavy atom. The number of hydrogen-bond donors (Lipinski definition) is 3. The van der Waals surface area contributed by atoms with Gasteiger partial charge in [0.25, 0.3) is 5.91 Å².